The summed E-state index contributed by atoms with van der Waals surface area (Å²) in [4.78, 5) is 44.7. The van der Waals surface area contributed by atoms with E-state index in [2.05, 4.69) is 39.5 Å². The molecule has 2 saturated heterocycles. The van der Waals surface area contributed by atoms with Gasteiger partial charge in [-0.05, 0) is 62.5 Å². The quantitative estimate of drug-likeness (QED) is 0.533. The molecule has 5 rings (SSSR count). The smallest absolute Gasteiger partial charge is 0.265 e. The van der Waals surface area contributed by atoms with Gasteiger partial charge in [0.05, 0.1) is 5.52 Å². The predicted octanol–water partition coefficient (Wildman–Crippen LogP) is 3.64. The van der Waals surface area contributed by atoms with Gasteiger partial charge in [0, 0.05) is 13.0 Å². The zero-order valence-electron chi connectivity index (χ0n) is 20.7. The van der Waals surface area contributed by atoms with Crippen LogP contribution in [0.4, 0.5) is 0 Å². The summed E-state index contributed by atoms with van der Waals surface area (Å²) in [5.74, 6) is 0.0623. The van der Waals surface area contributed by atoms with Gasteiger partial charge >= 0.3 is 0 Å². The molecule has 3 heterocycles. The lowest BCUT2D eigenvalue weighted by atomic mass is 10.1. The minimum atomic E-state index is -0.767. The predicted molar refractivity (Wildman–Crippen MR) is 137 cm³/mol. The SMILES string of the molecule is Cc1nc2cccc(OCc3ccc(CN4CCCCCC4)cc3)c2c(=O)n1C1CCC(=O)NC1=O. The fraction of sp³-hybridized carbons (Fsp3) is 0.429. The van der Waals surface area contributed by atoms with Gasteiger partial charge in [-0.15, -0.1) is 0 Å². The van der Waals surface area contributed by atoms with Crippen molar-refractivity contribution in [2.75, 3.05) is 13.1 Å². The molecule has 8 nitrogen and oxygen atoms in total. The van der Waals surface area contributed by atoms with Gasteiger partial charge in [0.1, 0.15) is 29.6 Å². The van der Waals surface area contributed by atoms with Gasteiger partial charge in [-0.1, -0.05) is 43.2 Å². The second-order valence-corrected chi connectivity index (χ2v) is 9.75. The minimum Gasteiger partial charge on any atom is -0.488 e. The van der Waals surface area contributed by atoms with Gasteiger partial charge in [-0.3, -0.25) is 29.2 Å². The van der Waals surface area contributed by atoms with E-state index in [0.717, 1.165) is 25.2 Å². The van der Waals surface area contributed by atoms with E-state index in [1.165, 1.54) is 35.8 Å². The Morgan fingerprint density at radius 2 is 1.69 bits per heavy atom. The highest BCUT2D eigenvalue weighted by molar-refractivity contribution is 5.99. The highest BCUT2D eigenvalue weighted by atomic mass is 16.5. The van der Waals surface area contributed by atoms with Crippen LogP contribution in [0.25, 0.3) is 10.9 Å². The Labute approximate surface area is 210 Å². The van der Waals surface area contributed by atoms with E-state index in [1.54, 1.807) is 19.1 Å². The van der Waals surface area contributed by atoms with Crippen molar-refractivity contribution in [3.05, 3.63) is 69.8 Å². The molecule has 1 atom stereocenters. The number of carbonyl (C=O) groups is 2. The molecule has 3 aromatic rings. The molecule has 2 amide bonds. The summed E-state index contributed by atoms with van der Waals surface area (Å²) >= 11 is 0. The molecule has 0 aliphatic carbocycles. The Bertz CT molecular complexity index is 1320. The molecule has 1 unspecified atom stereocenters. The average molecular weight is 489 g/mol. The number of amides is 2. The lowest BCUT2D eigenvalue weighted by Crippen LogP contribution is -2.45. The summed E-state index contributed by atoms with van der Waals surface area (Å²) in [6, 6.07) is 13.0. The molecule has 1 aromatic heterocycles. The second-order valence-electron chi connectivity index (χ2n) is 9.75. The van der Waals surface area contributed by atoms with Gasteiger partial charge in [-0.2, -0.15) is 0 Å². The number of imide groups is 1. The molecule has 0 bridgehead atoms. The van der Waals surface area contributed by atoms with Crippen molar-refractivity contribution < 1.29 is 14.3 Å². The molecule has 36 heavy (non-hydrogen) atoms. The summed E-state index contributed by atoms with van der Waals surface area (Å²) in [5, 5.41) is 2.66. The number of hydrogen-bond donors (Lipinski definition) is 1. The van der Waals surface area contributed by atoms with Crippen LogP contribution in [0.5, 0.6) is 5.75 Å². The van der Waals surface area contributed by atoms with Crippen molar-refractivity contribution in [2.45, 2.75) is 64.6 Å². The van der Waals surface area contributed by atoms with E-state index in [1.807, 2.05) is 6.07 Å². The molecule has 0 saturated carbocycles. The zero-order valence-corrected chi connectivity index (χ0v) is 20.7. The summed E-state index contributed by atoms with van der Waals surface area (Å²) in [5.41, 5.74) is 2.48. The average Bonchev–Trinajstić information content (AvgIpc) is 3.13. The number of likely N-dealkylation sites (tertiary alicyclic amines) is 1. The number of nitrogens with one attached hydrogen (secondary N) is 1. The van der Waals surface area contributed by atoms with Crippen molar-refractivity contribution in [3.8, 4) is 5.75 Å². The lowest BCUT2D eigenvalue weighted by Gasteiger charge is -2.24. The molecule has 0 spiro atoms. The van der Waals surface area contributed by atoms with Gasteiger partial charge < -0.3 is 4.74 Å². The molecule has 2 aliphatic heterocycles. The van der Waals surface area contributed by atoms with Crippen LogP contribution in [0.1, 0.15) is 61.5 Å². The van der Waals surface area contributed by atoms with E-state index < -0.39 is 11.9 Å². The fourth-order valence-electron chi connectivity index (χ4n) is 5.19. The first kappa shape index (κ1) is 24.2. The van der Waals surface area contributed by atoms with Crippen LogP contribution in [-0.4, -0.2) is 39.4 Å². The number of fused-ring (bicyclic) bond motifs is 1. The van der Waals surface area contributed by atoms with Crippen LogP contribution in [0.3, 0.4) is 0 Å². The number of carbonyl (C=O) groups excluding carboxylic acids is 2. The van der Waals surface area contributed by atoms with Crippen LogP contribution in [0.2, 0.25) is 0 Å². The van der Waals surface area contributed by atoms with E-state index in [-0.39, 0.29) is 24.3 Å². The summed E-state index contributed by atoms with van der Waals surface area (Å²) < 4.78 is 7.48. The monoisotopic (exact) mass is 488 g/mol. The van der Waals surface area contributed by atoms with E-state index in [4.69, 9.17) is 4.74 Å². The maximum absolute atomic E-state index is 13.5. The Morgan fingerprint density at radius 1 is 0.972 bits per heavy atom. The molecule has 188 valence electrons. The number of piperidine rings is 1. The number of aromatic nitrogens is 2. The topological polar surface area (TPSA) is 93.5 Å². The third-order valence-corrected chi connectivity index (χ3v) is 7.11. The van der Waals surface area contributed by atoms with Crippen molar-refractivity contribution in [2.24, 2.45) is 0 Å². The lowest BCUT2D eigenvalue weighted by molar-refractivity contribution is -0.135. The zero-order chi connectivity index (χ0) is 25.1. The van der Waals surface area contributed by atoms with Crippen LogP contribution in [0.15, 0.2) is 47.3 Å². The van der Waals surface area contributed by atoms with Crippen molar-refractivity contribution in [1.29, 1.82) is 0 Å². The first-order chi connectivity index (χ1) is 17.5. The van der Waals surface area contributed by atoms with E-state index >= 15 is 0 Å². The fourth-order valence-corrected chi connectivity index (χ4v) is 5.19. The number of hydrogen-bond acceptors (Lipinski definition) is 6. The molecule has 1 N–H and O–H groups in total. The van der Waals surface area contributed by atoms with Crippen molar-refractivity contribution in [1.82, 2.24) is 19.8 Å². The maximum Gasteiger partial charge on any atom is 0.265 e. The number of benzene rings is 2. The first-order valence-corrected chi connectivity index (χ1v) is 12.8. The highest BCUT2D eigenvalue weighted by Gasteiger charge is 2.31. The number of rotatable bonds is 6. The Hall–Kier alpha value is -3.52. The van der Waals surface area contributed by atoms with Crippen LogP contribution in [-0.2, 0) is 22.7 Å². The van der Waals surface area contributed by atoms with Crippen LogP contribution >= 0.6 is 0 Å². The minimum absolute atomic E-state index is 0.187. The first-order valence-electron chi connectivity index (χ1n) is 12.8. The summed E-state index contributed by atoms with van der Waals surface area (Å²) in [7, 11) is 0. The standard InChI is InChI=1S/C28H32N4O4/c1-19-29-22-7-6-8-24(26(22)28(35)32(19)23-13-14-25(33)30-27(23)34)36-18-21-11-9-20(10-12-21)17-31-15-4-2-3-5-16-31/h6-12,23H,2-5,13-18H2,1H3,(H,30,33,34). The molecular formula is C28H32N4O4. The number of nitrogens with zero attached hydrogens (tertiary/aromatic N) is 3. The number of ether oxygens (including phenoxy) is 1. The molecule has 2 aliphatic rings. The molecule has 0 radical (unpaired) electrons. The Balaban J connectivity index is 1.34. The highest BCUT2D eigenvalue weighted by Crippen LogP contribution is 2.25. The summed E-state index contributed by atoms with van der Waals surface area (Å²) in [6.07, 6.45) is 5.66. The largest absolute Gasteiger partial charge is 0.488 e. The van der Waals surface area contributed by atoms with Crippen LogP contribution in [0, 0.1) is 6.92 Å². The maximum atomic E-state index is 13.5. The molecule has 2 fully saturated rings. The van der Waals surface area contributed by atoms with Gasteiger partial charge in [-0.25, -0.2) is 4.98 Å². The second kappa shape index (κ2) is 10.6. The van der Waals surface area contributed by atoms with E-state index in [0.29, 0.717) is 29.1 Å². The molecular weight excluding hydrogens is 456 g/mol. The normalized spacial score (nSPS) is 19.2. The molecule has 8 heteroatoms. The third kappa shape index (κ3) is 5.18. The van der Waals surface area contributed by atoms with Gasteiger partial charge in [0.2, 0.25) is 11.8 Å². The van der Waals surface area contributed by atoms with Gasteiger partial charge in [0.25, 0.3) is 5.56 Å². The molecule has 2 aromatic carbocycles. The van der Waals surface area contributed by atoms with Crippen LogP contribution < -0.4 is 15.6 Å². The van der Waals surface area contributed by atoms with Crippen molar-refractivity contribution in [3.63, 3.8) is 0 Å². The van der Waals surface area contributed by atoms with E-state index in [9.17, 15) is 14.4 Å². The third-order valence-electron chi connectivity index (χ3n) is 7.11. The van der Waals surface area contributed by atoms with Crippen molar-refractivity contribution >= 4 is 22.7 Å². The Kier molecular flexibility index (Phi) is 7.13. The van der Waals surface area contributed by atoms with Gasteiger partial charge in [0.15, 0.2) is 0 Å². The summed E-state index contributed by atoms with van der Waals surface area (Å²) in [6.45, 7) is 5.31. The Morgan fingerprint density at radius 3 is 2.42 bits per heavy atom. The number of aryl methyl sites for hydroxylation is 1.